The first kappa shape index (κ1) is 11.0. The largest absolute Gasteiger partial charge is 0.466 e. The van der Waals surface area contributed by atoms with Gasteiger partial charge in [0.05, 0.1) is 7.11 Å². The number of rotatable bonds is 3. The predicted octanol–water partition coefficient (Wildman–Crippen LogP) is 0.600. The zero-order valence-electron chi connectivity index (χ0n) is 8.77. The van der Waals surface area contributed by atoms with Crippen molar-refractivity contribution in [1.82, 2.24) is 20.2 Å². The first-order chi connectivity index (χ1) is 8.19. The molecule has 0 saturated heterocycles. The van der Waals surface area contributed by atoms with Crippen LogP contribution in [0.4, 0.5) is 10.3 Å². The molecule has 0 saturated carbocycles. The van der Waals surface area contributed by atoms with Crippen LogP contribution in [-0.4, -0.2) is 33.2 Å². The number of aromatic amines is 1. The molecule has 0 spiro atoms. The average molecular weight is 237 g/mol. The van der Waals surface area contributed by atoms with Gasteiger partial charge < -0.3 is 4.74 Å². The molecule has 0 aliphatic rings. The van der Waals surface area contributed by atoms with Crippen molar-refractivity contribution < 1.29 is 13.9 Å². The summed E-state index contributed by atoms with van der Waals surface area (Å²) in [5.74, 6) is -1.23. The summed E-state index contributed by atoms with van der Waals surface area (Å²) < 4.78 is 17.5. The zero-order chi connectivity index (χ0) is 12.3. The molecule has 2 N–H and O–H groups in total. The van der Waals surface area contributed by atoms with Crippen LogP contribution in [0.5, 0.6) is 6.01 Å². The molecule has 0 aromatic carbocycles. The second kappa shape index (κ2) is 4.56. The van der Waals surface area contributed by atoms with Gasteiger partial charge in [-0.15, -0.1) is 5.10 Å². The third kappa shape index (κ3) is 2.54. The lowest BCUT2D eigenvalue weighted by Gasteiger charge is -1.99. The number of aromatic nitrogens is 4. The van der Waals surface area contributed by atoms with Crippen molar-refractivity contribution in [2.24, 2.45) is 0 Å². The van der Waals surface area contributed by atoms with E-state index in [9.17, 15) is 9.18 Å². The molecule has 2 heterocycles. The van der Waals surface area contributed by atoms with Gasteiger partial charge in [0.2, 0.25) is 11.9 Å². The molecule has 0 radical (unpaired) electrons. The third-order valence-electron chi connectivity index (χ3n) is 1.83. The van der Waals surface area contributed by atoms with Gasteiger partial charge in [0.15, 0.2) is 0 Å². The topological polar surface area (TPSA) is 92.8 Å². The van der Waals surface area contributed by atoms with Crippen LogP contribution in [0.2, 0.25) is 0 Å². The third-order valence-corrected chi connectivity index (χ3v) is 1.83. The fourth-order valence-corrected chi connectivity index (χ4v) is 1.10. The molecule has 0 aliphatic carbocycles. The highest BCUT2D eigenvalue weighted by molar-refractivity contribution is 6.01. The minimum atomic E-state index is -0.729. The predicted molar refractivity (Wildman–Crippen MR) is 55.1 cm³/mol. The van der Waals surface area contributed by atoms with E-state index in [2.05, 4.69) is 25.5 Å². The van der Waals surface area contributed by atoms with Crippen LogP contribution in [0.3, 0.4) is 0 Å². The quantitative estimate of drug-likeness (QED) is 0.762. The van der Waals surface area contributed by atoms with Crippen molar-refractivity contribution in [2.75, 3.05) is 12.4 Å². The van der Waals surface area contributed by atoms with Crippen LogP contribution in [0.1, 0.15) is 10.5 Å². The summed E-state index contributed by atoms with van der Waals surface area (Å²) in [6.45, 7) is 0. The Hall–Kier alpha value is -2.51. The molecule has 2 rings (SSSR count). The smallest absolute Gasteiger partial charge is 0.336 e. The number of carbonyl (C=O) groups is 1. The van der Waals surface area contributed by atoms with Crippen molar-refractivity contribution in [2.45, 2.75) is 0 Å². The lowest BCUT2D eigenvalue weighted by atomic mass is 10.3. The molecule has 1 amide bonds. The zero-order valence-corrected chi connectivity index (χ0v) is 8.77. The number of ether oxygens (including phenoxy) is 1. The van der Waals surface area contributed by atoms with Crippen LogP contribution in [0.25, 0.3) is 0 Å². The minimum absolute atomic E-state index is 0.0552. The van der Waals surface area contributed by atoms with Crippen LogP contribution in [0, 0.1) is 5.95 Å². The van der Waals surface area contributed by atoms with E-state index >= 15 is 0 Å². The van der Waals surface area contributed by atoms with E-state index in [4.69, 9.17) is 4.74 Å². The standard InChI is InChI=1S/C9H8FN5O2/c1-17-9-13-8(14-15-9)12-7(16)5-3-2-4-6(10)11-5/h2-4H,1H3,(H2,12,13,14,15,16). The van der Waals surface area contributed by atoms with Gasteiger partial charge in [-0.2, -0.15) is 9.37 Å². The van der Waals surface area contributed by atoms with Crippen molar-refractivity contribution in [3.8, 4) is 6.01 Å². The number of carbonyl (C=O) groups excluding carboxylic acids is 1. The van der Waals surface area contributed by atoms with Crippen LogP contribution < -0.4 is 10.1 Å². The summed E-state index contributed by atoms with van der Waals surface area (Å²) in [5, 5.41) is 8.43. The summed E-state index contributed by atoms with van der Waals surface area (Å²) >= 11 is 0. The van der Waals surface area contributed by atoms with Crippen molar-refractivity contribution >= 4 is 11.9 Å². The molecule has 8 heteroatoms. The number of methoxy groups -OCH3 is 1. The Labute approximate surface area is 95.0 Å². The Balaban J connectivity index is 2.11. The molecular weight excluding hydrogens is 229 g/mol. The van der Waals surface area contributed by atoms with E-state index in [0.29, 0.717) is 0 Å². The number of anilines is 1. The molecule has 0 bridgehead atoms. The van der Waals surface area contributed by atoms with Crippen molar-refractivity contribution in [1.29, 1.82) is 0 Å². The number of hydrogen-bond donors (Lipinski definition) is 2. The van der Waals surface area contributed by atoms with Gasteiger partial charge in [-0.3, -0.25) is 10.1 Å². The van der Waals surface area contributed by atoms with E-state index in [0.717, 1.165) is 6.07 Å². The Kier molecular flexibility index (Phi) is 2.95. The van der Waals surface area contributed by atoms with Gasteiger partial charge in [-0.25, -0.2) is 10.1 Å². The van der Waals surface area contributed by atoms with Crippen molar-refractivity contribution in [3.05, 3.63) is 29.8 Å². The van der Waals surface area contributed by atoms with Crippen LogP contribution in [0.15, 0.2) is 18.2 Å². The number of nitrogens with one attached hydrogen (secondary N) is 2. The maximum absolute atomic E-state index is 12.8. The van der Waals surface area contributed by atoms with E-state index < -0.39 is 11.9 Å². The summed E-state index contributed by atoms with van der Waals surface area (Å²) in [6.07, 6.45) is 0. The fraction of sp³-hybridized carbons (Fsp3) is 0.111. The average Bonchev–Trinajstić information content (AvgIpc) is 2.77. The molecule has 88 valence electrons. The number of halogens is 1. The van der Waals surface area contributed by atoms with E-state index in [1.165, 1.54) is 19.2 Å². The van der Waals surface area contributed by atoms with Crippen LogP contribution in [-0.2, 0) is 0 Å². The maximum Gasteiger partial charge on any atom is 0.336 e. The Morgan fingerprint density at radius 1 is 1.47 bits per heavy atom. The number of amides is 1. The molecule has 7 nitrogen and oxygen atoms in total. The Morgan fingerprint density at radius 2 is 2.29 bits per heavy atom. The first-order valence-corrected chi connectivity index (χ1v) is 4.59. The van der Waals surface area contributed by atoms with Gasteiger partial charge in [-0.1, -0.05) is 6.07 Å². The minimum Gasteiger partial charge on any atom is -0.466 e. The van der Waals surface area contributed by atoms with Crippen molar-refractivity contribution in [3.63, 3.8) is 0 Å². The molecule has 17 heavy (non-hydrogen) atoms. The second-order valence-electron chi connectivity index (χ2n) is 2.97. The summed E-state index contributed by atoms with van der Waals surface area (Å²) in [5.41, 5.74) is -0.0552. The molecule has 0 aliphatic heterocycles. The van der Waals surface area contributed by atoms with Gasteiger partial charge >= 0.3 is 6.01 Å². The fourth-order valence-electron chi connectivity index (χ4n) is 1.10. The number of H-pyrrole nitrogens is 1. The summed E-state index contributed by atoms with van der Waals surface area (Å²) in [7, 11) is 1.39. The highest BCUT2D eigenvalue weighted by Gasteiger charge is 2.11. The molecule has 2 aromatic rings. The second-order valence-corrected chi connectivity index (χ2v) is 2.97. The van der Waals surface area contributed by atoms with Crippen LogP contribution >= 0.6 is 0 Å². The van der Waals surface area contributed by atoms with E-state index in [1.807, 2.05) is 0 Å². The molecule has 0 atom stereocenters. The molecule has 2 aromatic heterocycles. The van der Waals surface area contributed by atoms with E-state index in [1.54, 1.807) is 0 Å². The SMILES string of the molecule is COc1n[nH]c(NC(=O)c2cccc(F)n2)n1. The molecular formula is C9H8FN5O2. The highest BCUT2D eigenvalue weighted by atomic mass is 19.1. The lowest BCUT2D eigenvalue weighted by molar-refractivity contribution is 0.102. The van der Waals surface area contributed by atoms with Gasteiger partial charge in [-0.05, 0) is 12.1 Å². The van der Waals surface area contributed by atoms with E-state index in [-0.39, 0.29) is 17.7 Å². The highest BCUT2D eigenvalue weighted by Crippen LogP contribution is 2.06. The summed E-state index contributed by atoms with van der Waals surface area (Å²) in [4.78, 5) is 18.8. The molecule has 0 fully saturated rings. The molecule has 0 unspecified atom stereocenters. The maximum atomic E-state index is 12.8. The normalized spacial score (nSPS) is 10.0. The lowest BCUT2D eigenvalue weighted by Crippen LogP contribution is -2.15. The first-order valence-electron chi connectivity index (χ1n) is 4.59. The number of nitrogens with zero attached hydrogens (tertiary/aromatic N) is 3. The monoisotopic (exact) mass is 237 g/mol. The Bertz CT molecular complexity index is 542. The number of hydrogen-bond acceptors (Lipinski definition) is 5. The summed E-state index contributed by atoms with van der Waals surface area (Å²) in [6, 6.07) is 4.01. The number of pyridine rings is 1. The van der Waals surface area contributed by atoms with Gasteiger partial charge in [0.25, 0.3) is 5.91 Å². The Morgan fingerprint density at radius 3 is 2.94 bits per heavy atom. The van der Waals surface area contributed by atoms with Gasteiger partial charge in [0, 0.05) is 0 Å². The van der Waals surface area contributed by atoms with Gasteiger partial charge in [0.1, 0.15) is 5.69 Å².